The molecule has 6 heteroatoms. The van der Waals surface area contributed by atoms with Gasteiger partial charge >= 0.3 is 0 Å². The Bertz CT molecular complexity index is 611. The van der Waals surface area contributed by atoms with Gasteiger partial charge in [0.1, 0.15) is 5.82 Å². The van der Waals surface area contributed by atoms with E-state index in [0.717, 1.165) is 43.7 Å². The van der Waals surface area contributed by atoms with Gasteiger partial charge in [0, 0.05) is 50.3 Å². The molecule has 2 aromatic heterocycles. The number of pyridine rings is 1. The molecule has 23 heavy (non-hydrogen) atoms. The van der Waals surface area contributed by atoms with E-state index in [2.05, 4.69) is 25.2 Å². The van der Waals surface area contributed by atoms with Crippen molar-refractivity contribution >= 4 is 11.7 Å². The van der Waals surface area contributed by atoms with Gasteiger partial charge in [-0.3, -0.25) is 14.8 Å². The van der Waals surface area contributed by atoms with E-state index in [1.54, 1.807) is 24.8 Å². The Morgan fingerprint density at radius 2 is 2.00 bits per heavy atom. The lowest BCUT2D eigenvalue weighted by Crippen LogP contribution is -2.41. The molecule has 0 spiro atoms. The number of aromatic nitrogens is 3. The summed E-state index contributed by atoms with van der Waals surface area (Å²) < 4.78 is 0. The SMILES string of the molecule is O=C(NCCc1cccnc1)C1CCN(c2cnccn2)CC1. The molecule has 3 rings (SSSR count). The van der Waals surface area contributed by atoms with Crippen molar-refractivity contribution in [2.45, 2.75) is 19.3 Å². The van der Waals surface area contributed by atoms with E-state index < -0.39 is 0 Å². The molecule has 1 N–H and O–H groups in total. The predicted molar refractivity (Wildman–Crippen MR) is 87.9 cm³/mol. The highest BCUT2D eigenvalue weighted by Crippen LogP contribution is 2.21. The maximum Gasteiger partial charge on any atom is 0.223 e. The van der Waals surface area contributed by atoms with Crippen molar-refractivity contribution in [3.63, 3.8) is 0 Å². The van der Waals surface area contributed by atoms with E-state index in [9.17, 15) is 4.79 Å². The van der Waals surface area contributed by atoms with Crippen LogP contribution in [0.25, 0.3) is 0 Å². The number of nitrogens with zero attached hydrogens (tertiary/aromatic N) is 4. The van der Waals surface area contributed by atoms with Crippen molar-refractivity contribution < 1.29 is 4.79 Å². The first-order chi connectivity index (χ1) is 11.3. The molecule has 1 aliphatic heterocycles. The number of rotatable bonds is 5. The molecule has 1 saturated heterocycles. The van der Waals surface area contributed by atoms with E-state index >= 15 is 0 Å². The summed E-state index contributed by atoms with van der Waals surface area (Å²) in [5.74, 6) is 1.15. The van der Waals surface area contributed by atoms with Crippen molar-refractivity contribution in [3.05, 3.63) is 48.7 Å². The number of nitrogens with one attached hydrogen (secondary N) is 1. The zero-order valence-electron chi connectivity index (χ0n) is 13.1. The number of carbonyl (C=O) groups is 1. The van der Waals surface area contributed by atoms with E-state index in [1.807, 2.05) is 18.3 Å². The number of hydrogen-bond donors (Lipinski definition) is 1. The van der Waals surface area contributed by atoms with Gasteiger partial charge < -0.3 is 10.2 Å². The highest BCUT2D eigenvalue weighted by atomic mass is 16.1. The molecule has 0 atom stereocenters. The molecule has 6 nitrogen and oxygen atoms in total. The maximum absolute atomic E-state index is 12.3. The molecule has 1 amide bonds. The number of amides is 1. The smallest absolute Gasteiger partial charge is 0.223 e. The summed E-state index contributed by atoms with van der Waals surface area (Å²) in [6.07, 6.45) is 11.3. The number of piperidine rings is 1. The third kappa shape index (κ3) is 4.25. The summed E-state index contributed by atoms with van der Waals surface area (Å²) >= 11 is 0. The summed E-state index contributed by atoms with van der Waals surface area (Å²) in [6, 6.07) is 3.94. The van der Waals surface area contributed by atoms with Crippen LogP contribution in [0.4, 0.5) is 5.82 Å². The summed E-state index contributed by atoms with van der Waals surface area (Å²) in [6.45, 7) is 2.35. The van der Waals surface area contributed by atoms with Gasteiger partial charge in [-0.15, -0.1) is 0 Å². The van der Waals surface area contributed by atoms with Crippen LogP contribution in [0.3, 0.4) is 0 Å². The van der Waals surface area contributed by atoms with E-state index in [4.69, 9.17) is 0 Å². The quantitative estimate of drug-likeness (QED) is 0.905. The molecule has 0 radical (unpaired) electrons. The van der Waals surface area contributed by atoms with Gasteiger partial charge in [-0.2, -0.15) is 0 Å². The second-order valence-electron chi connectivity index (χ2n) is 5.73. The van der Waals surface area contributed by atoms with Crippen LogP contribution in [0.2, 0.25) is 0 Å². The van der Waals surface area contributed by atoms with E-state index in [1.165, 1.54) is 0 Å². The third-order valence-corrected chi connectivity index (χ3v) is 4.17. The summed E-state index contributed by atoms with van der Waals surface area (Å²) in [5, 5.41) is 3.04. The number of carbonyl (C=O) groups excluding carboxylic acids is 1. The molecule has 2 aromatic rings. The first kappa shape index (κ1) is 15.4. The summed E-state index contributed by atoms with van der Waals surface area (Å²) in [4.78, 5) is 26.9. The Hall–Kier alpha value is -2.50. The Labute approximate surface area is 136 Å². The van der Waals surface area contributed by atoms with Crippen molar-refractivity contribution in [2.75, 3.05) is 24.5 Å². The topological polar surface area (TPSA) is 71.0 Å². The second kappa shape index (κ2) is 7.67. The van der Waals surface area contributed by atoms with Crippen molar-refractivity contribution in [2.24, 2.45) is 5.92 Å². The van der Waals surface area contributed by atoms with Gasteiger partial charge in [0.15, 0.2) is 0 Å². The summed E-state index contributed by atoms with van der Waals surface area (Å²) in [7, 11) is 0. The van der Waals surface area contributed by atoms with Crippen LogP contribution in [0.5, 0.6) is 0 Å². The lowest BCUT2D eigenvalue weighted by Gasteiger charge is -2.31. The van der Waals surface area contributed by atoms with Crippen LogP contribution in [0.1, 0.15) is 18.4 Å². The molecule has 1 aliphatic rings. The Balaban J connectivity index is 1.41. The third-order valence-electron chi connectivity index (χ3n) is 4.17. The van der Waals surface area contributed by atoms with Crippen LogP contribution in [0, 0.1) is 5.92 Å². The highest BCUT2D eigenvalue weighted by molar-refractivity contribution is 5.78. The molecular weight excluding hydrogens is 290 g/mol. The maximum atomic E-state index is 12.3. The fourth-order valence-electron chi connectivity index (χ4n) is 2.85. The van der Waals surface area contributed by atoms with Gasteiger partial charge in [-0.05, 0) is 30.9 Å². The first-order valence-corrected chi connectivity index (χ1v) is 8.00. The number of anilines is 1. The van der Waals surface area contributed by atoms with Crippen molar-refractivity contribution in [1.29, 1.82) is 0 Å². The molecule has 0 saturated carbocycles. The fraction of sp³-hybridized carbons (Fsp3) is 0.412. The Kier molecular flexibility index (Phi) is 5.13. The summed E-state index contributed by atoms with van der Waals surface area (Å²) in [5.41, 5.74) is 1.14. The molecule has 3 heterocycles. The number of hydrogen-bond acceptors (Lipinski definition) is 5. The zero-order chi connectivity index (χ0) is 15.9. The normalized spacial score (nSPS) is 15.4. The van der Waals surface area contributed by atoms with Gasteiger partial charge in [0.25, 0.3) is 0 Å². The molecule has 1 fully saturated rings. The lowest BCUT2D eigenvalue weighted by atomic mass is 9.96. The second-order valence-corrected chi connectivity index (χ2v) is 5.73. The average molecular weight is 311 g/mol. The highest BCUT2D eigenvalue weighted by Gasteiger charge is 2.25. The molecule has 0 unspecified atom stereocenters. The standard InChI is InChI=1S/C17H21N5O/c23-17(21-7-3-14-2-1-6-18-12-14)15-4-10-22(11-5-15)16-13-19-8-9-20-16/h1-2,6,8-9,12-13,15H,3-5,7,10-11H2,(H,21,23). The predicted octanol–water partition coefficient (Wildman–Crippen LogP) is 1.45. The minimum atomic E-state index is 0.0943. The Morgan fingerprint density at radius 3 is 2.70 bits per heavy atom. The molecule has 0 aromatic carbocycles. The average Bonchev–Trinajstić information content (AvgIpc) is 2.63. The fourth-order valence-corrected chi connectivity index (χ4v) is 2.85. The minimum Gasteiger partial charge on any atom is -0.356 e. The van der Waals surface area contributed by atoms with Crippen LogP contribution in [0.15, 0.2) is 43.1 Å². The van der Waals surface area contributed by atoms with E-state index in [0.29, 0.717) is 6.54 Å². The van der Waals surface area contributed by atoms with Crippen LogP contribution in [-0.4, -0.2) is 40.5 Å². The van der Waals surface area contributed by atoms with Crippen LogP contribution < -0.4 is 10.2 Å². The van der Waals surface area contributed by atoms with Crippen LogP contribution >= 0.6 is 0 Å². The van der Waals surface area contributed by atoms with Gasteiger partial charge in [-0.1, -0.05) is 6.07 Å². The minimum absolute atomic E-state index is 0.0943. The molecular formula is C17H21N5O. The monoisotopic (exact) mass is 311 g/mol. The van der Waals surface area contributed by atoms with Crippen molar-refractivity contribution in [1.82, 2.24) is 20.3 Å². The van der Waals surface area contributed by atoms with Gasteiger partial charge in [0.2, 0.25) is 5.91 Å². The zero-order valence-corrected chi connectivity index (χ0v) is 13.1. The molecule has 120 valence electrons. The van der Waals surface area contributed by atoms with Gasteiger partial charge in [-0.25, -0.2) is 4.98 Å². The molecule has 0 bridgehead atoms. The van der Waals surface area contributed by atoms with Crippen LogP contribution in [-0.2, 0) is 11.2 Å². The van der Waals surface area contributed by atoms with E-state index in [-0.39, 0.29) is 11.8 Å². The lowest BCUT2D eigenvalue weighted by molar-refractivity contribution is -0.125. The van der Waals surface area contributed by atoms with Crippen molar-refractivity contribution in [3.8, 4) is 0 Å². The first-order valence-electron chi connectivity index (χ1n) is 8.00. The largest absolute Gasteiger partial charge is 0.356 e. The van der Waals surface area contributed by atoms with Gasteiger partial charge in [0.05, 0.1) is 6.20 Å². The molecule has 0 aliphatic carbocycles. The Morgan fingerprint density at radius 1 is 1.17 bits per heavy atom.